The summed E-state index contributed by atoms with van der Waals surface area (Å²) in [4.78, 5) is 13.2. The Hall–Kier alpha value is -0.870. The van der Waals surface area contributed by atoms with E-state index in [9.17, 15) is 4.79 Å². The molecule has 0 aliphatic heterocycles. The summed E-state index contributed by atoms with van der Waals surface area (Å²) in [6.07, 6.45) is 1.63. The molecule has 0 aromatic carbocycles. The van der Waals surface area contributed by atoms with Crippen LogP contribution in [-0.2, 0) is 4.79 Å². The number of amides is 1. The molecular formula is C10H20N2O2. The van der Waals surface area contributed by atoms with Crippen molar-refractivity contribution < 1.29 is 9.90 Å². The third kappa shape index (κ3) is 3.89. The molecule has 4 heteroatoms. The summed E-state index contributed by atoms with van der Waals surface area (Å²) in [5.74, 6) is -0.0255. The Morgan fingerprint density at radius 3 is 2.57 bits per heavy atom. The van der Waals surface area contributed by atoms with Crippen LogP contribution in [-0.4, -0.2) is 41.7 Å². The van der Waals surface area contributed by atoms with Gasteiger partial charge in [0, 0.05) is 13.1 Å². The summed E-state index contributed by atoms with van der Waals surface area (Å²) in [5, 5.41) is 8.76. The highest BCUT2D eigenvalue weighted by Gasteiger charge is 2.22. The fourth-order valence-electron chi connectivity index (χ4n) is 1.06. The normalized spacial score (nSPS) is 12.6. The second-order valence-electron chi connectivity index (χ2n) is 3.57. The van der Waals surface area contributed by atoms with E-state index in [0.717, 1.165) is 0 Å². The van der Waals surface area contributed by atoms with Crippen LogP contribution < -0.4 is 5.73 Å². The van der Waals surface area contributed by atoms with E-state index >= 15 is 0 Å². The largest absolute Gasteiger partial charge is 0.395 e. The van der Waals surface area contributed by atoms with Gasteiger partial charge < -0.3 is 15.7 Å². The van der Waals surface area contributed by atoms with Crippen LogP contribution in [0.3, 0.4) is 0 Å². The van der Waals surface area contributed by atoms with Crippen molar-refractivity contribution in [3.05, 3.63) is 12.7 Å². The number of hydrogen-bond acceptors (Lipinski definition) is 3. The molecule has 82 valence electrons. The van der Waals surface area contributed by atoms with Crippen LogP contribution in [0, 0.1) is 5.92 Å². The van der Waals surface area contributed by atoms with Crippen LogP contribution in [0.1, 0.15) is 13.8 Å². The summed E-state index contributed by atoms with van der Waals surface area (Å²) >= 11 is 0. The lowest BCUT2D eigenvalue weighted by atomic mass is 10.0. The number of carbonyl (C=O) groups is 1. The molecule has 0 rings (SSSR count). The van der Waals surface area contributed by atoms with Gasteiger partial charge in [0.05, 0.1) is 12.6 Å². The molecule has 1 amide bonds. The lowest BCUT2D eigenvalue weighted by Gasteiger charge is -2.25. The Morgan fingerprint density at radius 1 is 1.64 bits per heavy atom. The predicted octanol–water partition coefficient (Wildman–Crippen LogP) is -0.0234. The Labute approximate surface area is 85.4 Å². The number of nitrogens with zero attached hydrogens (tertiary/aromatic N) is 1. The van der Waals surface area contributed by atoms with Crippen LogP contribution in [0.5, 0.6) is 0 Å². The fraction of sp³-hybridized carbons (Fsp3) is 0.700. The number of aliphatic hydroxyl groups is 1. The smallest absolute Gasteiger partial charge is 0.240 e. The van der Waals surface area contributed by atoms with Crippen molar-refractivity contribution in [3.8, 4) is 0 Å². The van der Waals surface area contributed by atoms with E-state index in [2.05, 4.69) is 6.58 Å². The predicted molar refractivity (Wildman–Crippen MR) is 56.7 cm³/mol. The molecule has 0 radical (unpaired) electrons. The number of hydrogen-bond donors (Lipinski definition) is 2. The van der Waals surface area contributed by atoms with Crippen molar-refractivity contribution >= 4 is 5.91 Å². The minimum Gasteiger partial charge on any atom is -0.395 e. The first kappa shape index (κ1) is 13.1. The van der Waals surface area contributed by atoms with E-state index in [4.69, 9.17) is 10.8 Å². The van der Waals surface area contributed by atoms with Crippen molar-refractivity contribution in [2.24, 2.45) is 11.7 Å². The van der Waals surface area contributed by atoms with Gasteiger partial charge in [0.25, 0.3) is 0 Å². The maximum atomic E-state index is 11.7. The molecule has 0 saturated carbocycles. The highest BCUT2D eigenvalue weighted by Crippen LogP contribution is 2.03. The van der Waals surface area contributed by atoms with Gasteiger partial charge in [-0.1, -0.05) is 19.9 Å². The van der Waals surface area contributed by atoms with Gasteiger partial charge in [-0.3, -0.25) is 4.79 Å². The van der Waals surface area contributed by atoms with Crippen molar-refractivity contribution in [1.29, 1.82) is 0 Å². The zero-order valence-corrected chi connectivity index (χ0v) is 8.94. The van der Waals surface area contributed by atoms with Gasteiger partial charge in [-0.25, -0.2) is 0 Å². The monoisotopic (exact) mass is 200 g/mol. The Morgan fingerprint density at radius 2 is 2.21 bits per heavy atom. The second-order valence-corrected chi connectivity index (χ2v) is 3.57. The summed E-state index contributed by atoms with van der Waals surface area (Å²) in [7, 11) is 0. The minimum absolute atomic E-state index is 0.0512. The summed E-state index contributed by atoms with van der Waals surface area (Å²) in [6.45, 7) is 8.04. The quantitative estimate of drug-likeness (QED) is 0.592. The molecule has 14 heavy (non-hydrogen) atoms. The van der Waals surface area contributed by atoms with Gasteiger partial charge in [-0.2, -0.15) is 0 Å². The number of nitrogens with two attached hydrogens (primary N) is 1. The van der Waals surface area contributed by atoms with Crippen LogP contribution in [0.25, 0.3) is 0 Å². The maximum Gasteiger partial charge on any atom is 0.240 e. The molecule has 0 bridgehead atoms. The maximum absolute atomic E-state index is 11.7. The first-order valence-corrected chi connectivity index (χ1v) is 4.80. The van der Waals surface area contributed by atoms with Gasteiger partial charge in [0.15, 0.2) is 0 Å². The average Bonchev–Trinajstić information content (AvgIpc) is 2.15. The van der Waals surface area contributed by atoms with Crippen LogP contribution in [0.2, 0.25) is 0 Å². The number of rotatable bonds is 6. The molecule has 0 saturated heterocycles. The standard InChI is InChI=1S/C10H20N2O2/c1-4-5-12(6-7-13)10(14)9(11)8(2)3/h4,8-9,13H,1,5-7,11H2,2-3H3/t9-/m0/s1. The van der Waals surface area contributed by atoms with E-state index in [1.54, 1.807) is 6.08 Å². The Kier molecular flexibility index (Phi) is 6.16. The number of aliphatic hydroxyl groups excluding tert-OH is 1. The first-order valence-electron chi connectivity index (χ1n) is 4.80. The topological polar surface area (TPSA) is 66.6 Å². The highest BCUT2D eigenvalue weighted by atomic mass is 16.3. The van der Waals surface area contributed by atoms with Crippen LogP contribution in [0.15, 0.2) is 12.7 Å². The third-order valence-electron chi connectivity index (χ3n) is 2.03. The first-order chi connectivity index (χ1) is 6.54. The van der Waals surface area contributed by atoms with Crippen LogP contribution >= 0.6 is 0 Å². The molecule has 0 aromatic heterocycles. The van der Waals surface area contributed by atoms with E-state index in [1.807, 2.05) is 13.8 Å². The van der Waals surface area contributed by atoms with Crippen LogP contribution in [0.4, 0.5) is 0 Å². The summed E-state index contributed by atoms with van der Waals surface area (Å²) in [5.41, 5.74) is 5.71. The van der Waals surface area contributed by atoms with E-state index in [1.165, 1.54) is 4.90 Å². The van der Waals surface area contributed by atoms with Crippen molar-refractivity contribution in [3.63, 3.8) is 0 Å². The van der Waals surface area contributed by atoms with E-state index in [-0.39, 0.29) is 18.4 Å². The lowest BCUT2D eigenvalue weighted by molar-refractivity contribution is -0.133. The van der Waals surface area contributed by atoms with Crippen molar-refractivity contribution in [2.45, 2.75) is 19.9 Å². The average molecular weight is 200 g/mol. The van der Waals surface area contributed by atoms with E-state index < -0.39 is 6.04 Å². The van der Waals surface area contributed by atoms with Gasteiger partial charge in [0.2, 0.25) is 5.91 Å². The van der Waals surface area contributed by atoms with Crippen molar-refractivity contribution in [1.82, 2.24) is 4.90 Å². The zero-order chi connectivity index (χ0) is 11.1. The molecule has 0 unspecified atom stereocenters. The molecule has 3 N–H and O–H groups in total. The highest BCUT2D eigenvalue weighted by molar-refractivity contribution is 5.82. The lowest BCUT2D eigenvalue weighted by Crippen LogP contribution is -2.47. The molecule has 0 fully saturated rings. The Balaban J connectivity index is 4.33. The van der Waals surface area contributed by atoms with E-state index in [0.29, 0.717) is 13.1 Å². The second kappa shape index (κ2) is 6.56. The fourth-order valence-corrected chi connectivity index (χ4v) is 1.06. The number of carbonyl (C=O) groups excluding carboxylic acids is 1. The van der Waals surface area contributed by atoms with Gasteiger partial charge >= 0.3 is 0 Å². The molecular weight excluding hydrogens is 180 g/mol. The third-order valence-corrected chi connectivity index (χ3v) is 2.03. The SMILES string of the molecule is C=CCN(CCO)C(=O)[C@@H](N)C(C)C. The van der Waals surface area contributed by atoms with Crippen molar-refractivity contribution in [2.75, 3.05) is 19.7 Å². The molecule has 0 spiro atoms. The minimum atomic E-state index is -0.499. The molecule has 4 nitrogen and oxygen atoms in total. The molecule has 0 aliphatic carbocycles. The molecule has 0 aromatic rings. The summed E-state index contributed by atoms with van der Waals surface area (Å²) in [6, 6.07) is -0.499. The Bertz CT molecular complexity index is 193. The zero-order valence-electron chi connectivity index (χ0n) is 8.94. The van der Waals surface area contributed by atoms with Gasteiger partial charge in [-0.05, 0) is 5.92 Å². The summed E-state index contributed by atoms with van der Waals surface area (Å²) < 4.78 is 0. The van der Waals surface area contributed by atoms with Gasteiger partial charge in [0.1, 0.15) is 0 Å². The molecule has 1 atom stereocenters. The molecule has 0 heterocycles. The van der Waals surface area contributed by atoms with Gasteiger partial charge in [-0.15, -0.1) is 6.58 Å². The molecule has 0 aliphatic rings.